The summed E-state index contributed by atoms with van der Waals surface area (Å²) in [6, 6.07) is 10.0. The molecule has 2 aromatic carbocycles. The zero-order valence-electron chi connectivity index (χ0n) is 13.8. The molecule has 0 heterocycles. The van der Waals surface area contributed by atoms with Crippen molar-refractivity contribution < 1.29 is 14.8 Å². The van der Waals surface area contributed by atoms with Crippen molar-refractivity contribution in [3.8, 4) is 5.75 Å². The molecular formula is C17H18N4O4. The minimum Gasteiger partial charge on any atom is -0.507 e. The van der Waals surface area contributed by atoms with E-state index in [4.69, 9.17) is 0 Å². The Morgan fingerprint density at radius 2 is 1.96 bits per heavy atom. The highest BCUT2D eigenvalue weighted by Crippen LogP contribution is 2.26. The van der Waals surface area contributed by atoms with Gasteiger partial charge in [0.05, 0.1) is 17.7 Å². The molecule has 0 bridgehead atoms. The Bertz CT molecular complexity index is 816. The molecule has 8 heteroatoms. The second kappa shape index (κ2) is 7.91. The number of nitrogens with one attached hydrogen (secondary N) is 2. The fourth-order valence-corrected chi connectivity index (χ4v) is 2.06. The highest BCUT2D eigenvalue weighted by molar-refractivity contribution is 5.87. The third-order valence-corrected chi connectivity index (χ3v) is 3.42. The van der Waals surface area contributed by atoms with E-state index in [2.05, 4.69) is 15.8 Å². The molecule has 1 amide bonds. The lowest BCUT2D eigenvalue weighted by Crippen LogP contribution is -2.25. The predicted molar refractivity (Wildman–Crippen MR) is 94.9 cm³/mol. The first-order chi connectivity index (χ1) is 11.9. The molecule has 0 atom stereocenters. The first kappa shape index (κ1) is 17.9. The van der Waals surface area contributed by atoms with Gasteiger partial charge < -0.3 is 10.4 Å². The summed E-state index contributed by atoms with van der Waals surface area (Å²) >= 11 is 0. The van der Waals surface area contributed by atoms with Gasteiger partial charge >= 0.3 is 0 Å². The second-order valence-electron chi connectivity index (χ2n) is 5.47. The number of hydrogen-bond acceptors (Lipinski definition) is 6. The molecule has 0 aliphatic rings. The third-order valence-electron chi connectivity index (χ3n) is 3.42. The number of aryl methyl sites for hydroxylation is 2. The van der Waals surface area contributed by atoms with Crippen LogP contribution in [0, 0.1) is 24.0 Å². The molecule has 0 spiro atoms. The molecule has 0 fully saturated rings. The fraction of sp³-hybridized carbons (Fsp3) is 0.176. The molecule has 0 radical (unpaired) electrons. The predicted octanol–water partition coefficient (Wildman–Crippen LogP) is 2.48. The zero-order valence-corrected chi connectivity index (χ0v) is 13.8. The number of carbonyl (C=O) groups excluding carboxylic acids is 1. The topological polar surface area (TPSA) is 117 Å². The molecule has 2 aromatic rings. The molecule has 0 unspecified atom stereocenters. The van der Waals surface area contributed by atoms with Gasteiger partial charge in [0.2, 0.25) is 0 Å². The average Bonchev–Trinajstić information content (AvgIpc) is 2.57. The normalized spacial score (nSPS) is 10.6. The lowest BCUT2D eigenvalue weighted by molar-refractivity contribution is -0.384. The number of rotatable bonds is 6. The van der Waals surface area contributed by atoms with Gasteiger partial charge in [0.1, 0.15) is 5.75 Å². The van der Waals surface area contributed by atoms with Gasteiger partial charge in [-0.05, 0) is 31.5 Å². The van der Waals surface area contributed by atoms with Gasteiger partial charge in [-0.3, -0.25) is 14.9 Å². The number of carbonyl (C=O) groups is 1. The number of aromatic hydroxyl groups is 1. The number of anilines is 1. The van der Waals surface area contributed by atoms with Crippen LogP contribution < -0.4 is 10.7 Å². The summed E-state index contributed by atoms with van der Waals surface area (Å²) in [5.41, 5.74) is 4.55. The third kappa shape index (κ3) is 5.03. The molecule has 0 aliphatic carbocycles. The minimum absolute atomic E-state index is 0.0142. The van der Waals surface area contributed by atoms with Crippen molar-refractivity contribution in [2.24, 2.45) is 5.10 Å². The first-order valence-corrected chi connectivity index (χ1v) is 7.47. The highest BCUT2D eigenvalue weighted by Gasteiger charge is 2.12. The van der Waals surface area contributed by atoms with Crippen molar-refractivity contribution in [1.29, 1.82) is 0 Å². The summed E-state index contributed by atoms with van der Waals surface area (Å²) in [5, 5.41) is 27.4. The van der Waals surface area contributed by atoms with Crippen LogP contribution in [0.2, 0.25) is 0 Å². The molecule has 8 nitrogen and oxygen atoms in total. The van der Waals surface area contributed by atoms with Crippen LogP contribution in [0.1, 0.15) is 16.7 Å². The lowest BCUT2D eigenvalue weighted by atomic mass is 10.1. The van der Waals surface area contributed by atoms with E-state index in [0.717, 1.165) is 11.3 Å². The molecular weight excluding hydrogens is 324 g/mol. The van der Waals surface area contributed by atoms with E-state index >= 15 is 0 Å². The van der Waals surface area contributed by atoms with Crippen LogP contribution in [0.4, 0.5) is 11.4 Å². The van der Waals surface area contributed by atoms with E-state index in [-0.39, 0.29) is 23.5 Å². The van der Waals surface area contributed by atoms with E-state index in [1.807, 2.05) is 31.2 Å². The summed E-state index contributed by atoms with van der Waals surface area (Å²) in [5.74, 6) is -0.514. The number of nitrogens with zero attached hydrogens (tertiary/aromatic N) is 2. The van der Waals surface area contributed by atoms with Crippen LogP contribution in [0.15, 0.2) is 41.5 Å². The van der Waals surface area contributed by atoms with Crippen molar-refractivity contribution in [3.63, 3.8) is 0 Å². The number of phenolic OH excluding ortho intramolecular Hbond substituents is 1. The van der Waals surface area contributed by atoms with E-state index < -0.39 is 10.8 Å². The largest absolute Gasteiger partial charge is 0.507 e. The minimum atomic E-state index is -0.562. The van der Waals surface area contributed by atoms with E-state index in [1.165, 1.54) is 18.3 Å². The van der Waals surface area contributed by atoms with Crippen molar-refractivity contribution >= 4 is 23.5 Å². The molecule has 25 heavy (non-hydrogen) atoms. The monoisotopic (exact) mass is 342 g/mol. The number of non-ortho nitro benzene ring substituents is 1. The van der Waals surface area contributed by atoms with Crippen molar-refractivity contribution in [3.05, 3.63) is 63.2 Å². The standard InChI is InChI=1S/C17H18N4O4/c1-11-3-5-14(6-4-11)18-10-16(22)20-19-9-13-8-15(21(24)25)7-12(2)17(13)23/h3-9,18,23H,10H2,1-2H3,(H,20,22). The number of benzene rings is 2. The van der Waals surface area contributed by atoms with Gasteiger partial charge in [-0.15, -0.1) is 0 Å². The number of nitro groups is 1. The fourth-order valence-electron chi connectivity index (χ4n) is 2.06. The maximum atomic E-state index is 11.7. The van der Waals surface area contributed by atoms with E-state index in [1.54, 1.807) is 6.92 Å². The molecule has 0 saturated carbocycles. The van der Waals surface area contributed by atoms with Gasteiger partial charge in [-0.25, -0.2) is 5.43 Å². The van der Waals surface area contributed by atoms with Crippen LogP contribution >= 0.6 is 0 Å². The van der Waals surface area contributed by atoms with Gasteiger partial charge in [-0.2, -0.15) is 5.10 Å². The molecule has 2 rings (SSSR count). The Morgan fingerprint density at radius 3 is 2.60 bits per heavy atom. The Balaban J connectivity index is 1.95. The Morgan fingerprint density at radius 1 is 1.28 bits per heavy atom. The number of hydrogen-bond donors (Lipinski definition) is 3. The van der Waals surface area contributed by atoms with Gasteiger partial charge in [0.15, 0.2) is 0 Å². The summed E-state index contributed by atoms with van der Waals surface area (Å²) in [6.45, 7) is 3.53. The van der Waals surface area contributed by atoms with Crippen molar-refractivity contribution in [2.45, 2.75) is 13.8 Å². The van der Waals surface area contributed by atoms with Gasteiger partial charge in [-0.1, -0.05) is 17.7 Å². The maximum absolute atomic E-state index is 11.7. The number of amides is 1. The maximum Gasteiger partial charge on any atom is 0.270 e. The number of phenols is 1. The quantitative estimate of drug-likeness (QED) is 0.423. The smallest absolute Gasteiger partial charge is 0.270 e. The number of hydrazone groups is 1. The van der Waals surface area contributed by atoms with Crippen LogP contribution in [0.5, 0.6) is 5.75 Å². The molecule has 0 aliphatic heterocycles. The van der Waals surface area contributed by atoms with Crippen LogP contribution in [0.25, 0.3) is 0 Å². The number of nitro benzene ring substituents is 1. The average molecular weight is 342 g/mol. The van der Waals surface area contributed by atoms with Crippen molar-refractivity contribution in [2.75, 3.05) is 11.9 Å². The second-order valence-corrected chi connectivity index (χ2v) is 5.47. The first-order valence-electron chi connectivity index (χ1n) is 7.47. The summed E-state index contributed by atoms with van der Waals surface area (Å²) < 4.78 is 0. The highest BCUT2D eigenvalue weighted by atomic mass is 16.6. The lowest BCUT2D eigenvalue weighted by Gasteiger charge is -2.06. The molecule has 3 N–H and O–H groups in total. The zero-order chi connectivity index (χ0) is 18.4. The van der Waals surface area contributed by atoms with Crippen LogP contribution in [-0.2, 0) is 4.79 Å². The summed E-state index contributed by atoms with van der Waals surface area (Å²) in [6.07, 6.45) is 1.17. The molecule has 0 aromatic heterocycles. The summed E-state index contributed by atoms with van der Waals surface area (Å²) in [7, 11) is 0. The van der Waals surface area contributed by atoms with Crippen LogP contribution in [-0.4, -0.2) is 28.7 Å². The van der Waals surface area contributed by atoms with E-state index in [9.17, 15) is 20.0 Å². The van der Waals surface area contributed by atoms with E-state index in [0.29, 0.717) is 5.56 Å². The Hall–Kier alpha value is -3.42. The Labute approximate surface area is 144 Å². The molecule has 0 saturated heterocycles. The Kier molecular flexibility index (Phi) is 5.67. The van der Waals surface area contributed by atoms with Gasteiger partial charge in [0.25, 0.3) is 11.6 Å². The summed E-state index contributed by atoms with van der Waals surface area (Å²) in [4.78, 5) is 22.0. The van der Waals surface area contributed by atoms with Crippen molar-refractivity contribution in [1.82, 2.24) is 5.43 Å². The molecule has 130 valence electrons. The SMILES string of the molecule is Cc1ccc(NCC(=O)NN=Cc2cc([N+](=O)[O-])cc(C)c2O)cc1. The van der Waals surface area contributed by atoms with Gasteiger partial charge in [0, 0.05) is 23.4 Å². The van der Waals surface area contributed by atoms with Crippen LogP contribution in [0.3, 0.4) is 0 Å².